The summed E-state index contributed by atoms with van der Waals surface area (Å²) in [6.45, 7) is 4.00. The van der Waals surface area contributed by atoms with Crippen molar-refractivity contribution in [3.05, 3.63) is 34.2 Å². The molecule has 0 atom stereocenters. The number of aliphatic hydroxyl groups is 1. The minimum atomic E-state index is -3.96. The van der Waals surface area contributed by atoms with Crippen molar-refractivity contribution in [1.82, 2.24) is 24.1 Å². The van der Waals surface area contributed by atoms with E-state index in [9.17, 15) is 18.3 Å². The van der Waals surface area contributed by atoms with E-state index in [1.54, 1.807) is 13.1 Å². The van der Waals surface area contributed by atoms with Crippen LogP contribution in [0.25, 0.3) is 22.4 Å². The SMILES string of the molecule is CCCc1nn(C)c2c(=O)[nH]c(-c3cc(S(=O)(=O)N(CCO)CCOC)ccc3OCC)nc12. The lowest BCUT2D eigenvalue weighted by Gasteiger charge is -2.21. The lowest BCUT2D eigenvalue weighted by Crippen LogP contribution is -2.36. The Morgan fingerprint density at radius 3 is 2.65 bits per heavy atom. The molecule has 0 aliphatic rings. The van der Waals surface area contributed by atoms with Crippen molar-refractivity contribution >= 4 is 21.1 Å². The molecule has 11 nitrogen and oxygen atoms in total. The van der Waals surface area contributed by atoms with E-state index < -0.39 is 10.0 Å². The predicted molar refractivity (Wildman–Crippen MR) is 127 cm³/mol. The number of benzene rings is 1. The fourth-order valence-electron chi connectivity index (χ4n) is 3.72. The minimum Gasteiger partial charge on any atom is -0.493 e. The molecule has 2 N–H and O–H groups in total. The summed E-state index contributed by atoms with van der Waals surface area (Å²) in [7, 11) is -0.800. The molecule has 0 saturated heterocycles. The van der Waals surface area contributed by atoms with E-state index in [-0.39, 0.29) is 42.6 Å². The zero-order chi connectivity index (χ0) is 24.9. The Bertz CT molecular complexity index is 1300. The first-order valence-corrected chi connectivity index (χ1v) is 12.6. The number of hydrogen-bond donors (Lipinski definition) is 2. The maximum atomic E-state index is 13.3. The Morgan fingerprint density at radius 2 is 2.00 bits per heavy atom. The van der Waals surface area contributed by atoms with Crippen molar-refractivity contribution < 1.29 is 23.0 Å². The first-order chi connectivity index (χ1) is 16.3. The Morgan fingerprint density at radius 1 is 1.24 bits per heavy atom. The summed E-state index contributed by atoms with van der Waals surface area (Å²) in [5, 5.41) is 13.8. The van der Waals surface area contributed by atoms with Crippen molar-refractivity contribution in [3.8, 4) is 17.1 Å². The molecule has 12 heteroatoms. The molecule has 0 amide bonds. The lowest BCUT2D eigenvalue weighted by molar-refractivity contribution is 0.168. The molecule has 34 heavy (non-hydrogen) atoms. The summed E-state index contributed by atoms with van der Waals surface area (Å²) >= 11 is 0. The lowest BCUT2D eigenvalue weighted by atomic mass is 10.1. The molecule has 186 valence electrons. The van der Waals surface area contributed by atoms with Gasteiger partial charge in [-0.1, -0.05) is 13.3 Å². The summed E-state index contributed by atoms with van der Waals surface area (Å²) in [6, 6.07) is 4.40. The minimum absolute atomic E-state index is 0.0155. The highest BCUT2D eigenvalue weighted by molar-refractivity contribution is 7.89. The summed E-state index contributed by atoms with van der Waals surface area (Å²) in [5.74, 6) is 0.574. The van der Waals surface area contributed by atoms with Gasteiger partial charge in [-0.15, -0.1) is 0 Å². The number of aliphatic hydroxyl groups excluding tert-OH is 1. The van der Waals surface area contributed by atoms with E-state index in [0.29, 0.717) is 41.1 Å². The molecule has 3 aromatic rings. The standard InChI is InChI=1S/C22H31N5O6S/c1-5-7-17-19-20(26(3)25-17)22(29)24-21(23-19)16-14-15(8-9-18(16)33-6-2)34(30,31)27(10-12-28)11-13-32-4/h8-9,14,28H,5-7,10-13H2,1-4H3,(H,23,24,29). The van der Waals surface area contributed by atoms with Crippen molar-refractivity contribution in [2.75, 3.05) is 40.0 Å². The molecular formula is C22H31N5O6S. The molecule has 2 aromatic heterocycles. The van der Waals surface area contributed by atoms with Crippen LogP contribution in [0.3, 0.4) is 0 Å². The largest absolute Gasteiger partial charge is 0.493 e. The molecule has 0 bridgehead atoms. The number of aromatic nitrogens is 4. The predicted octanol–water partition coefficient (Wildman–Crippen LogP) is 1.30. The van der Waals surface area contributed by atoms with Crippen LogP contribution in [0.1, 0.15) is 26.0 Å². The number of rotatable bonds is 12. The zero-order valence-corrected chi connectivity index (χ0v) is 20.7. The molecule has 3 rings (SSSR count). The summed E-state index contributed by atoms with van der Waals surface area (Å²) in [4.78, 5) is 20.3. The molecule has 2 heterocycles. The maximum absolute atomic E-state index is 13.3. The fraction of sp³-hybridized carbons (Fsp3) is 0.500. The second kappa shape index (κ2) is 11.1. The molecule has 0 radical (unpaired) electrons. The van der Waals surface area contributed by atoms with Crippen molar-refractivity contribution in [2.45, 2.75) is 31.6 Å². The van der Waals surface area contributed by atoms with Crippen LogP contribution < -0.4 is 10.3 Å². The number of nitrogens with one attached hydrogen (secondary N) is 1. The molecular weight excluding hydrogens is 462 g/mol. The van der Waals surface area contributed by atoms with Crippen LogP contribution in [0, 0.1) is 0 Å². The van der Waals surface area contributed by atoms with Crippen LogP contribution >= 0.6 is 0 Å². The van der Waals surface area contributed by atoms with Crippen molar-refractivity contribution in [2.24, 2.45) is 7.05 Å². The van der Waals surface area contributed by atoms with Gasteiger partial charge in [0.05, 0.1) is 36.0 Å². The van der Waals surface area contributed by atoms with Gasteiger partial charge in [0.25, 0.3) is 5.56 Å². The third kappa shape index (κ3) is 5.14. The number of aryl methyl sites for hydroxylation is 2. The second-order valence-electron chi connectivity index (χ2n) is 7.64. The molecule has 0 saturated carbocycles. The number of aromatic amines is 1. The van der Waals surface area contributed by atoms with Gasteiger partial charge in [0.1, 0.15) is 17.1 Å². The number of hydrogen-bond acceptors (Lipinski definition) is 8. The first kappa shape index (κ1) is 25.8. The van der Waals surface area contributed by atoms with Crippen LogP contribution in [-0.2, 0) is 28.2 Å². The van der Waals surface area contributed by atoms with Gasteiger partial charge in [0.15, 0.2) is 5.52 Å². The van der Waals surface area contributed by atoms with E-state index >= 15 is 0 Å². The monoisotopic (exact) mass is 493 g/mol. The van der Waals surface area contributed by atoms with Gasteiger partial charge in [-0.2, -0.15) is 9.40 Å². The molecule has 1 aromatic carbocycles. The number of methoxy groups -OCH3 is 1. The number of nitrogens with zero attached hydrogens (tertiary/aromatic N) is 4. The van der Waals surface area contributed by atoms with Crippen LogP contribution in [0.2, 0.25) is 0 Å². The Labute approximate surface area is 198 Å². The Balaban J connectivity index is 2.20. The van der Waals surface area contributed by atoms with Crippen molar-refractivity contribution in [3.63, 3.8) is 0 Å². The highest BCUT2D eigenvalue weighted by atomic mass is 32.2. The summed E-state index contributed by atoms with van der Waals surface area (Å²) in [6.07, 6.45) is 1.48. The summed E-state index contributed by atoms with van der Waals surface area (Å²) < 4.78 is 40.0. The Hall–Kier alpha value is -2.80. The normalized spacial score (nSPS) is 12.1. The van der Waals surface area contributed by atoms with Crippen LogP contribution in [0.15, 0.2) is 27.9 Å². The fourth-order valence-corrected chi connectivity index (χ4v) is 5.16. The number of H-pyrrole nitrogens is 1. The van der Waals surface area contributed by atoms with E-state index in [1.807, 2.05) is 13.8 Å². The Kier molecular flexibility index (Phi) is 8.42. The van der Waals surface area contributed by atoms with Gasteiger partial charge in [-0.05, 0) is 31.5 Å². The van der Waals surface area contributed by atoms with Gasteiger partial charge in [-0.25, -0.2) is 13.4 Å². The molecule has 0 unspecified atom stereocenters. The average molecular weight is 494 g/mol. The third-order valence-electron chi connectivity index (χ3n) is 5.29. The molecule has 0 aliphatic carbocycles. The quantitative estimate of drug-likeness (QED) is 0.385. The van der Waals surface area contributed by atoms with Gasteiger partial charge in [0.2, 0.25) is 10.0 Å². The topological polar surface area (TPSA) is 140 Å². The molecule has 0 fully saturated rings. The maximum Gasteiger partial charge on any atom is 0.277 e. The highest BCUT2D eigenvalue weighted by Gasteiger charge is 2.26. The molecule has 0 spiro atoms. The smallest absolute Gasteiger partial charge is 0.277 e. The first-order valence-electron chi connectivity index (χ1n) is 11.1. The van der Waals surface area contributed by atoms with Crippen LogP contribution in [0.4, 0.5) is 0 Å². The van der Waals surface area contributed by atoms with Gasteiger partial charge in [0, 0.05) is 27.2 Å². The zero-order valence-electron chi connectivity index (χ0n) is 19.9. The van der Waals surface area contributed by atoms with E-state index in [4.69, 9.17) is 9.47 Å². The van der Waals surface area contributed by atoms with Crippen LogP contribution in [0.5, 0.6) is 5.75 Å². The van der Waals surface area contributed by atoms with E-state index in [1.165, 1.54) is 23.9 Å². The number of sulfonamides is 1. The van der Waals surface area contributed by atoms with Gasteiger partial charge < -0.3 is 19.6 Å². The number of ether oxygens (including phenoxy) is 2. The molecule has 0 aliphatic heterocycles. The second-order valence-corrected chi connectivity index (χ2v) is 9.58. The van der Waals surface area contributed by atoms with Gasteiger partial charge in [-0.3, -0.25) is 9.48 Å². The highest BCUT2D eigenvalue weighted by Crippen LogP contribution is 2.32. The van der Waals surface area contributed by atoms with E-state index in [0.717, 1.165) is 10.7 Å². The summed E-state index contributed by atoms with van der Waals surface area (Å²) in [5.41, 5.74) is 1.48. The van der Waals surface area contributed by atoms with Gasteiger partial charge >= 0.3 is 0 Å². The average Bonchev–Trinajstić information content (AvgIpc) is 3.12. The number of fused-ring (bicyclic) bond motifs is 1. The third-order valence-corrected chi connectivity index (χ3v) is 7.18. The van der Waals surface area contributed by atoms with Crippen molar-refractivity contribution in [1.29, 1.82) is 0 Å². The van der Waals surface area contributed by atoms with Crippen LogP contribution in [-0.4, -0.2) is 77.6 Å². The van der Waals surface area contributed by atoms with E-state index in [2.05, 4.69) is 15.1 Å².